The van der Waals surface area contributed by atoms with E-state index in [9.17, 15) is 4.79 Å². The number of nitrogens with two attached hydrogens (primary N) is 1. The summed E-state index contributed by atoms with van der Waals surface area (Å²) in [4.78, 5) is 10.6. The van der Waals surface area contributed by atoms with Crippen molar-refractivity contribution < 1.29 is 14.6 Å². The molecule has 0 aromatic carbocycles. The molecule has 3 N–H and O–H groups in total. The summed E-state index contributed by atoms with van der Waals surface area (Å²) in [5.41, 5.74) is 4.93. The quantitative estimate of drug-likeness (QED) is 0.549. The second-order valence-corrected chi connectivity index (χ2v) is 3.87. The van der Waals surface area contributed by atoms with Gasteiger partial charge in [-0.25, -0.2) is 4.79 Å². The van der Waals surface area contributed by atoms with Crippen LogP contribution >= 0.6 is 0 Å². The van der Waals surface area contributed by atoms with E-state index in [-0.39, 0.29) is 5.60 Å². The van der Waals surface area contributed by atoms with E-state index < -0.39 is 17.6 Å². The largest absolute Gasteiger partial charge is 0.479 e. The molecule has 0 amide bonds. The summed E-state index contributed by atoms with van der Waals surface area (Å²) in [5, 5.41) is 8.68. The average Bonchev–Trinajstić information content (AvgIpc) is 2.13. The maximum Gasteiger partial charge on any atom is 0.334 e. The van der Waals surface area contributed by atoms with Crippen LogP contribution in [0.15, 0.2) is 0 Å². The number of hydrogen-bond acceptors (Lipinski definition) is 3. The number of ether oxygens (including phenoxy) is 1. The molecule has 62 valence electrons. The Morgan fingerprint density at radius 2 is 2.27 bits per heavy atom. The van der Waals surface area contributed by atoms with E-state index in [1.807, 2.05) is 6.92 Å². The van der Waals surface area contributed by atoms with Crippen molar-refractivity contribution in [1.29, 1.82) is 0 Å². The lowest BCUT2D eigenvalue weighted by Gasteiger charge is -2.39. The second-order valence-electron chi connectivity index (χ2n) is 3.87. The van der Waals surface area contributed by atoms with Crippen LogP contribution in [0.3, 0.4) is 0 Å². The Bertz CT molecular complexity index is 220. The molecule has 3 rings (SSSR count). The number of aliphatic carboxylic acids is 1. The maximum absolute atomic E-state index is 10.6. The van der Waals surface area contributed by atoms with E-state index in [1.54, 1.807) is 0 Å². The van der Waals surface area contributed by atoms with Gasteiger partial charge < -0.3 is 15.6 Å². The minimum atomic E-state index is -0.936. The third kappa shape index (κ3) is 0.736. The molecule has 3 aliphatic rings. The molecule has 0 radical (unpaired) electrons. The van der Waals surface area contributed by atoms with E-state index in [0.29, 0.717) is 12.8 Å². The fourth-order valence-electron chi connectivity index (χ4n) is 2.31. The summed E-state index contributed by atoms with van der Waals surface area (Å²) in [6, 6.07) is 0. The predicted molar refractivity (Wildman–Crippen MR) is 37.1 cm³/mol. The summed E-state index contributed by atoms with van der Waals surface area (Å²) < 4.78 is 5.26. The smallest absolute Gasteiger partial charge is 0.334 e. The molecule has 2 saturated heterocycles. The molecule has 3 fully saturated rings. The van der Waals surface area contributed by atoms with Gasteiger partial charge in [-0.3, -0.25) is 0 Å². The topological polar surface area (TPSA) is 72.6 Å². The first kappa shape index (κ1) is 7.06. The van der Waals surface area contributed by atoms with E-state index in [4.69, 9.17) is 15.6 Å². The highest BCUT2D eigenvalue weighted by Gasteiger charge is 2.66. The lowest BCUT2D eigenvalue weighted by Crippen LogP contribution is -2.57. The monoisotopic (exact) mass is 157 g/mol. The number of rotatable bonds is 1. The van der Waals surface area contributed by atoms with Gasteiger partial charge in [-0.1, -0.05) is 0 Å². The minimum absolute atomic E-state index is 0.252. The Morgan fingerprint density at radius 3 is 2.45 bits per heavy atom. The van der Waals surface area contributed by atoms with Gasteiger partial charge >= 0.3 is 5.97 Å². The first-order valence-electron chi connectivity index (χ1n) is 3.65. The van der Waals surface area contributed by atoms with Gasteiger partial charge in [0.05, 0.1) is 11.1 Å². The molecular weight excluding hydrogens is 146 g/mol. The Kier molecular flexibility index (Phi) is 1.02. The second kappa shape index (κ2) is 1.59. The van der Waals surface area contributed by atoms with Crippen LogP contribution in [-0.4, -0.2) is 28.3 Å². The van der Waals surface area contributed by atoms with Gasteiger partial charge in [-0.2, -0.15) is 0 Å². The number of carboxylic acid groups (broad SMARTS) is 1. The van der Waals surface area contributed by atoms with Gasteiger partial charge in [0.1, 0.15) is 0 Å². The number of carboxylic acids is 1. The zero-order valence-corrected chi connectivity index (χ0v) is 6.33. The highest BCUT2D eigenvalue weighted by Crippen LogP contribution is 2.53. The van der Waals surface area contributed by atoms with Gasteiger partial charge in [0.15, 0.2) is 6.10 Å². The third-order valence-corrected chi connectivity index (χ3v) is 2.55. The predicted octanol–water partition coefficient (Wildman–Crippen LogP) is -0.280. The molecule has 2 heterocycles. The van der Waals surface area contributed by atoms with Gasteiger partial charge in [-0.05, 0) is 19.8 Å². The zero-order valence-electron chi connectivity index (χ0n) is 6.33. The molecule has 1 aliphatic carbocycles. The summed E-state index contributed by atoms with van der Waals surface area (Å²) in [6.07, 6.45) is 0.570. The van der Waals surface area contributed by atoms with Crippen molar-refractivity contribution in [2.75, 3.05) is 0 Å². The van der Waals surface area contributed by atoms with Gasteiger partial charge in [0.2, 0.25) is 0 Å². The summed E-state index contributed by atoms with van der Waals surface area (Å²) in [7, 11) is 0. The van der Waals surface area contributed by atoms with Crippen molar-refractivity contribution in [3.05, 3.63) is 0 Å². The molecule has 1 unspecified atom stereocenters. The Balaban J connectivity index is 2.23. The highest BCUT2D eigenvalue weighted by atomic mass is 16.6. The Hall–Kier alpha value is -0.610. The van der Waals surface area contributed by atoms with E-state index in [2.05, 4.69) is 0 Å². The van der Waals surface area contributed by atoms with Crippen LogP contribution < -0.4 is 5.73 Å². The number of carbonyl (C=O) groups is 1. The van der Waals surface area contributed by atoms with Gasteiger partial charge in [0.25, 0.3) is 0 Å². The van der Waals surface area contributed by atoms with Crippen LogP contribution in [0.5, 0.6) is 0 Å². The molecule has 4 heteroatoms. The lowest BCUT2D eigenvalue weighted by molar-refractivity contribution is -0.149. The molecule has 11 heavy (non-hydrogen) atoms. The Labute approximate surface area is 64.3 Å². The molecular formula is C7H11NO3. The van der Waals surface area contributed by atoms with Crippen molar-refractivity contribution in [3.63, 3.8) is 0 Å². The summed E-state index contributed by atoms with van der Waals surface area (Å²) in [5.74, 6) is -0.936. The zero-order chi connectivity index (χ0) is 8.28. The summed E-state index contributed by atoms with van der Waals surface area (Å²) >= 11 is 0. The molecule has 0 spiro atoms. The molecule has 2 aliphatic heterocycles. The van der Waals surface area contributed by atoms with Crippen molar-refractivity contribution in [1.82, 2.24) is 0 Å². The van der Waals surface area contributed by atoms with Crippen LogP contribution in [0.4, 0.5) is 0 Å². The first-order valence-corrected chi connectivity index (χ1v) is 3.65. The van der Waals surface area contributed by atoms with Crippen molar-refractivity contribution in [3.8, 4) is 0 Å². The highest BCUT2D eigenvalue weighted by molar-refractivity contribution is 5.76. The van der Waals surface area contributed by atoms with Crippen LogP contribution in [-0.2, 0) is 9.53 Å². The lowest BCUT2D eigenvalue weighted by atomic mass is 9.68. The van der Waals surface area contributed by atoms with Crippen LogP contribution in [0.2, 0.25) is 0 Å². The van der Waals surface area contributed by atoms with Crippen LogP contribution in [0, 0.1) is 0 Å². The Morgan fingerprint density at radius 1 is 1.73 bits per heavy atom. The maximum atomic E-state index is 10.6. The number of hydrogen-bond donors (Lipinski definition) is 2. The van der Waals surface area contributed by atoms with Crippen molar-refractivity contribution in [2.24, 2.45) is 5.73 Å². The third-order valence-electron chi connectivity index (χ3n) is 2.55. The molecule has 1 saturated carbocycles. The minimum Gasteiger partial charge on any atom is -0.479 e. The van der Waals surface area contributed by atoms with Gasteiger partial charge in [-0.15, -0.1) is 0 Å². The molecule has 2 bridgehead atoms. The van der Waals surface area contributed by atoms with Crippen molar-refractivity contribution >= 4 is 5.97 Å². The average molecular weight is 157 g/mol. The van der Waals surface area contributed by atoms with Crippen LogP contribution in [0.25, 0.3) is 0 Å². The van der Waals surface area contributed by atoms with Crippen molar-refractivity contribution in [2.45, 2.75) is 37.0 Å². The SMILES string of the molecule is CC12CC(N)(C1)C(C(=O)O)O2. The van der Waals surface area contributed by atoms with E-state index >= 15 is 0 Å². The molecule has 4 nitrogen and oxygen atoms in total. The molecule has 0 aromatic heterocycles. The van der Waals surface area contributed by atoms with Crippen LogP contribution in [0.1, 0.15) is 19.8 Å². The van der Waals surface area contributed by atoms with Gasteiger partial charge in [0, 0.05) is 0 Å². The fraction of sp³-hybridized carbons (Fsp3) is 0.857. The fourth-order valence-corrected chi connectivity index (χ4v) is 2.31. The molecule has 1 atom stereocenters. The number of fused-ring (bicyclic) bond motifs is 1. The normalized spacial score (nSPS) is 53.8. The first-order chi connectivity index (χ1) is 4.95. The van der Waals surface area contributed by atoms with E-state index in [0.717, 1.165) is 0 Å². The standard InChI is InChI=1S/C7H11NO3/c1-6-2-7(8,3-6)4(11-6)5(9)10/h4H,2-3,8H2,1H3,(H,9,10). The summed E-state index contributed by atoms with van der Waals surface area (Å²) in [6.45, 7) is 1.90. The molecule has 0 aromatic rings. The van der Waals surface area contributed by atoms with E-state index in [1.165, 1.54) is 0 Å².